The van der Waals surface area contributed by atoms with Crippen LogP contribution in [0.4, 0.5) is 11.5 Å². The number of oxime groups is 1. The Morgan fingerprint density at radius 2 is 2.48 bits per heavy atom. The smallest absolute Gasteiger partial charge is 0.288 e. The molecule has 0 radical (unpaired) electrons. The highest BCUT2D eigenvalue weighted by Gasteiger charge is 2.25. The summed E-state index contributed by atoms with van der Waals surface area (Å²) in [6.07, 6.45) is 0.725. The topological polar surface area (TPSA) is 147 Å². The van der Waals surface area contributed by atoms with Gasteiger partial charge in [0.1, 0.15) is 12.0 Å². The van der Waals surface area contributed by atoms with Crippen LogP contribution < -0.4 is 10.6 Å². The van der Waals surface area contributed by atoms with E-state index in [0.29, 0.717) is 25.5 Å². The van der Waals surface area contributed by atoms with E-state index in [1.165, 1.54) is 6.07 Å². The molecule has 1 fully saturated rings. The van der Waals surface area contributed by atoms with Crippen LogP contribution in [0.25, 0.3) is 0 Å². The molecule has 1 aromatic rings. The molecular weight excluding hydrogens is 282 g/mol. The first kappa shape index (κ1) is 14.9. The first-order valence-electron chi connectivity index (χ1n) is 6.16. The number of pyridine rings is 1. The maximum absolute atomic E-state index is 10.8. The van der Waals surface area contributed by atoms with Crippen molar-refractivity contribution in [2.75, 3.05) is 31.2 Å². The molecule has 1 aliphatic heterocycles. The van der Waals surface area contributed by atoms with E-state index < -0.39 is 4.92 Å². The highest BCUT2D eigenvalue weighted by atomic mass is 16.6. The lowest BCUT2D eigenvalue weighted by atomic mass is 10.2. The van der Waals surface area contributed by atoms with Gasteiger partial charge >= 0.3 is 0 Å². The summed E-state index contributed by atoms with van der Waals surface area (Å²) in [5.74, 6) is 0.0749. The van der Waals surface area contributed by atoms with Gasteiger partial charge in [-0.05, 0) is 0 Å². The Hall–Kier alpha value is -2.46. The van der Waals surface area contributed by atoms with Crippen LogP contribution in [0.3, 0.4) is 0 Å². The van der Waals surface area contributed by atoms with Crippen molar-refractivity contribution in [1.82, 2.24) is 4.98 Å². The molecule has 21 heavy (non-hydrogen) atoms. The van der Waals surface area contributed by atoms with Crippen molar-refractivity contribution in [3.05, 3.63) is 27.9 Å². The molecular formula is C11H15N5O5. The third kappa shape index (κ3) is 3.17. The highest BCUT2D eigenvalue weighted by Crippen LogP contribution is 2.24. The first-order chi connectivity index (χ1) is 10.1. The minimum absolute atomic E-state index is 0.150. The summed E-state index contributed by atoms with van der Waals surface area (Å²) in [5, 5.41) is 31.7. The second-order valence-corrected chi connectivity index (χ2v) is 4.43. The Labute approximate surface area is 119 Å². The predicted molar refractivity (Wildman–Crippen MR) is 72.4 cm³/mol. The Balaban J connectivity index is 2.40. The zero-order chi connectivity index (χ0) is 15.4. The molecule has 1 saturated heterocycles. The zero-order valence-corrected chi connectivity index (χ0v) is 11.0. The molecule has 0 aliphatic carbocycles. The van der Waals surface area contributed by atoms with E-state index in [0.717, 1.165) is 6.20 Å². The van der Waals surface area contributed by atoms with Crippen molar-refractivity contribution in [3.63, 3.8) is 0 Å². The van der Waals surface area contributed by atoms with Crippen LogP contribution in [-0.4, -0.2) is 58.5 Å². The number of nitro groups is 1. The normalized spacial score (nSPS) is 19.6. The second-order valence-electron chi connectivity index (χ2n) is 4.43. The summed E-state index contributed by atoms with van der Waals surface area (Å²) in [5.41, 5.74) is 5.47. The summed E-state index contributed by atoms with van der Waals surface area (Å²) in [4.78, 5) is 16.0. The number of amidine groups is 1. The quantitative estimate of drug-likeness (QED) is 0.217. The molecule has 1 aliphatic rings. The largest absolute Gasteiger partial charge is 0.409 e. The number of anilines is 1. The number of nitrogens with zero attached hydrogens (tertiary/aromatic N) is 4. The van der Waals surface area contributed by atoms with Gasteiger partial charge in [0.15, 0.2) is 5.84 Å². The Morgan fingerprint density at radius 1 is 1.71 bits per heavy atom. The summed E-state index contributed by atoms with van der Waals surface area (Å²) in [7, 11) is 0. The van der Waals surface area contributed by atoms with Crippen LogP contribution in [0.5, 0.6) is 0 Å². The molecule has 1 aromatic heterocycles. The van der Waals surface area contributed by atoms with Crippen LogP contribution in [0.2, 0.25) is 0 Å². The molecule has 10 nitrogen and oxygen atoms in total. The van der Waals surface area contributed by atoms with Gasteiger partial charge in [-0.3, -0.25) is 10.1 Å². The molecule has 0 aromatic carbocycles. The third-order valence-corrected chi connectivity index (χ3v) is 3.09. The van der Waals surface area contributed by atoms with Gasteiger partial charge < -0.3 is 25.7 Å². The van der Waals surface area contributed by atoms with Gasteiger partial charge in [0.25, 0.3) is 5.69 Å². The van der Waals surface area contributed by atoms with Crippen molar-refractivity contribution in [2.24, 2.45) is 10.9 Å². The van der Waals surface area contributed by atoms with E-state index in [1.54, 1.807) is 4.90 Å². The fraction of sp³-hybridized carbons (Fsp3) is 0.455. The van der Waals surface area contributed by atoms with Gasteiger partial charge in [0.2, 0.25) is 0 Å². The zero-order valence-electron chi connectivity index (χ0n) is 11.0. The van der Waals surface area contributed by atoms with Gasteiger partial charge in [0, 0.05) is 19.2 Å². The van der Waals surface area contributed by atoms with Crippen LogP contribution in [-0.2, 0) is 4.74 Å². The van der Waals surface area contributed by atoms with Gasteiger partial charge in [0.05, 0.1) is 29.8 Å². The van der Waals surface area contributed by atoms with E-state index in [-0.39, 0.29) is 29.8 Å². The highest BCUT2D eigenvalue weighted by molar-refractivity contribution is 6.02. The summed E-state index contributed by atoms with van der Waals surface area (Å²) >= 11 is 0. The van der Waals surface area contributed by atoms with Crippen molar-refractivity contribution in [1.29, 1.82) is 0 Å². The van der Waals surface area contributed by atoms with Crippen LogP contribution in [0, 0.1) is 10.1 Å². The molecule has 114 valence electrons. The van der Waals surface area contributed by atoms with E-state index in [2.05, 4.69) is 10.1 Å². The van der Waals surface area contributed by atoms with Gasteiger partial charge in [-0.2, -0.15) is 0 Å². The van der Waals surface area contributed by atoms with Crippen molar-refractivity contribution < 1.29 is 20.0 Å². The SMILES string of the molecule is N/C(=N/O)c1cc([N+](=O)[O-])cnc1N1CCOC(CO)C1. The standard InChI is InChI=1S/C11H15N5O5/c12-10(14-18)9-3-7(16(19)20)4-13-11(9)15-1-2-21-8(5-15)6-17/h3-4,8,17-18H,1-2,5-6H2,(H2,12,14). The van der Waals surface area contributed by atoms with E-state index in [4.69, 9.17) is 20.8 Å². The summed E-state index contributed by atoms with van der Waals surface area (Å²) in [6.45, 7) is 1.06. The monoisotopic (exact) mass is 297 g/mol. The average Bonchev–Trinajstić information content (AvgIpc) is 2.53. The number of rotatable bonds is 4. The Bertz CT molecular complexity index is 564. The maximum Gasteiger partial charge on any atom is 0.288 e. The van der Waals surface area contributed by atoms with Crippen molar-refractivity contribution >= 4 is 17.3 Å². The van der Waals surface area contributed by atoms with Crippen LogP contribution in [0.15, 0.2) is 17.4 Å². The molecule has 2 heterocycles. The van der Waals surface area contributed by atoms with E-state index in [1.807, 2.05) is 0 Å². The Kier molecular flexibility index (Phi) is 4.50. The van der Waals surface area contributed by atoms with Gasteiger partial charge in [-0.25, -0.2) is 4.98 Å². The number of aromatic nitrogens is 1. The fourth-order valence-electron chi connectivity index (χ4n) is 2.06. The summed E-state index contributed by atoms with van der Waals surface area (Å²) in [6, 6.07) is 1.20. The fourth-order valence-corrected chi connectivity index (χ4v) is 2.06. The Morgan fingerprint density at radius 3 is 3.10 bits per heavy atom. The number of nitrogens with two attached hydrogens (primary N) is 1. The molecule has 0 bridgehead atoms. The minimum atomic E-state index is -0.610. The number of aliphatic hydroxyl groups is 1. The van der Waals surface area contributed by atoms with Crippen LogP contribution in [0.1, 0.15) is 5.56 Å². The number of ether oxygens (including phenoxy) is 1. The third-order valence-electron chi connectivity index (χ3n) is 3.09. The number of hydrogen-bond acceptors (Lipinski definition) is 8. The average molecular weight is 297 g/mol. The first-order valence-corrected chi connectivity index (χ1v) is 6.16. The molecule has 2 rings (SSSR count). The predicted octanol–water partition coefficient (Wildman–Crippen LogP) is -0.718. The molecule has 10 heteroatoms. The molecule has 1 atom stereocenters. The lowest BCUT2D eigenvalue weighted by Crippen LogP contribution is -2.45. The molecule has 0 amide bonds. The minimum Gasteiger partial charge on any atom is -0.409 e. The second kappa shape index (κ2) is 6.33. The lowest BCUT2D eigenvalue weighted by Gasteiger charge is -2.33. The van der Waals surface area contributed by atoms with E-state index in [9.17, 15) is 10.1 Å². The molecule has 0 saturated carbocycles. The lowest BCUT2D eigenvalue weighted by molar-refractivity contribution is -0.385. The van der Waals surface area contributed by atoms with Crippen molar-refractivity contribution in [3.8, 4) is 0 Å². The molecule has 4 N–H and O–H groups in total. The van der Waals surface area contributed by atoms with Crippen LogP contribution >= 0.6 is 0 Å². The van der Waals surface area contributed by atoms with Gasteiger partial charge in [-0.15, -0.1) is 0 Å². The van der Waals surface area contributed by atoms with Gasteiger partial charge in [-0.1, -0.05) is 5.16 Å². The van der Waals surface area contributed by atoms with E-state index >= 15 is 0 Å². The number of aliphatic hydroxyl groups excluding tert-OH is 1. The maximum atomic E-state index is 10.8. The molecule has 0 spiro atoms. The molecule has 1 unspecified atom stereocenters. The number of morpholine rings is 1. The summed E-state index contributed by atoms with van der Waals surface area (Å²) < 4.78 is 5.33. The van der Waals surface area contributed by atoms with Crippen molar-refractivity contribution in [2.45, 2.75) is 6.10 Å². The number of hydrogen-bond donors (Lipinski definition) is 3.